The van der Waals surface area contributed by atoms with Gasteiger partial charge in [0.2, 0.25) is 0 Å². The number of nitrogens with zero attached hydrogens (tertiary/aromatic N) is 4. The number of rotatable bonds is 6. The van der Waals surface area contributed by atoms with Gasteiger partial charge in [-0.25, -0.2) is 9.37 Å². The van der Waals surface area contributed by atoms with Crippen LogP contribution in [0.15, 0.2) is 47.6 Å². The van der Waals surface area contributed by atoms with Crippen LogP contribution in [-0.2, 0) is 12.2 Å². The third-order valence-corrected chi connectivity index (χ3v) is 4.01. The lowest BCUT2D eigenvalue weighted by Gasteiger charge is -2.03. The summed E-state index contributed by atoms with van der Waals surface area (Å²) in [4.78, 5) is 16.4. The highest BCUT2D eigenvalue weighted by atomic mass is 32.2. The second-order valence-corrected chi connectivity index (χ2v) is 5.72. The van der Waals surface area contributed by atoms with E-state index >= 15 is 0 Å². The monoisotopic (exact) mass is 329 g/mol. The van der Waals surface area contributed by atoms with Gasteiger partial charge in [-0.2, -0.15) is 5.21 Å². The minimum atomic E-state index is -0.314. The number of halogens is 1. The molecular weight excluding hydrogens is 317 g/mol. The summed E-state index contributed by atoms with van der Waals surface area (Å²) in [5.41, 5.74) is 1.30. The summed E-state index contributed by atoms with van der Waals surface area (Å²) in [6.45, 7) is 0. The third-order valence-electron chi connectivity index (χ3n) is 3.07. The largest absolute Gasteiger partial charge is 0.294 e. The number of thioether (sulfide) groups is 1. The van der Waals surface area contributed by atoms with Gasteiger partial charge >= 0.3 is 0 Å². The number of Topliss-reactive ketones (excluding diaryl/α,β-unsaturated/α-hetero) is 1. The van der Waals surface area contributed by atoms with E-state index in [0.717, 1.165) is 10.6 Å². The van der Waals surface area contributed by atoms with Crippen molar-refractivity contribution in [2.45, 2.75) is 17.2 Å². The summed E-state index contributed by atoms with van der Waals surface area (Å²) >= 11 is 1.46. The molecule has 0 aliphatic rings. The van der Waals surface area contributed by atoms with Gasteiger partial charge in [0.15, 0.2) is 11.6 Å². The van der Waals surface area contributed by atoms with Crippen LogP contribution in [0.5, 0.6) is 0 Å². The van der Waals surface area contributed by atoms with Crippen molar-refractivity contribution in [2.75, 3.05) is 0 Å². The van der Waals surface area contributed by atoms with Crippen molar-refractivity contribution < 1.29 is 9.18 Å². The van der Waals surface area contributed by atoms with E-state index in [0.29, 0.717) is 17.1 Å². The van der Waals surface area contributed by atoms with Crippen LogP contribution >= 0.6 is 11.8 Å². The van der Waals surface area contributed by atoms with E-state index in [9.17, 15) is 9.18 Å². The fourth-order valence-electron chi connectivity index (χ4n) is 1.90. The van der Waals surface area contributed by atoms with Crippen LogP contribution in [0.25, 0.3) is 0 Å². The minimum absolute atomic E-state index is 0.0566. The summed E-state index contributed by atoms with van der Waals surface area (Å²) in [7, 11) is 0. The van der Waals surface area contributed by atoms with Crippen LogP contribution in [0.3, 0.4) is 0 Å². The molecule has 0 radical (unpaired) electrons. The zero-order valence-electron chi connectivity index (χ0n) is 11.9. The Balaban J connectivity index is 1.59. The number of hydrogen-bond acceptors (Lipinski definition) is 6. The number of nitrogens with one attached hydrogen (secondary N) is 1. The second kappa shape index (κ2) is 7.10. The highest BCUT2D eigenvalue weighted by molar-refractivity contribution is 7.98. The average Bonchev–Trinajstić information content (AvgIpc) is 3.09. The van der Waals surface area contributed by atoms with Crippen LogP contribution in [0, 0.1) is 5.82 Å². The van der Waals surface area contributed by atoms with Crippen molar-refractivity contribution in [3.63, 3.8) is 0 Å². The van der Waals surface area contributed by atoms with Gasteiger partial charge in [0, 0.05) is 18.2 Å². The standard InChI is InChI=1S/C15H12FN5OS/c16-12-4-1-10(2-5-12)7-13(22)11-3-6-15(17-8-11)23-9-14-18-20-21-19-14/h1-6,8H,7,9H2,(H,18,19,20,21). The van der Waals surface area contributed by atoms with Gasteiger partial charge < -0.3 is 0 Å². The zero-order chi connectivity index (χ0) is 16.1. The van der Waals surface area contributed by atoms with Crippen molar-refractivity contribution >= 4 is 17.5 Å². The molecule has 1 N–H and O–H groups in total. The number of ketones is 1. The molecule has 0 saturated carbocycles. The molecule has 23 heavy (non-hydrogen) atoms. The molecule has 0 amide bonds. The Bertz CT molecular complexity index is 775. The fourth-order valence-corrected chi connectivity index (χ4v) is 2.59. The zero-order valence-corrected chi connectivity index (χ0v) is 12.8. The highest BCUT2D eigenvalue weighted by Gasteiger charge is 2.09. The van der Waals surface area contributed by atoms with Gasteiger partial charge in [-0.05, 0) is 29.8 Å². The Kier molecular flexibility index (Phi) is 4.72. The van der Waals surface area contributed by atoms with Gasteiger partial charge in [0.1, 0.15) is 5.82 Å². The summed E-state index contributed by atoms with van der Waals surface area (Å²) in [5.74, 6) is 0.768. The van der Waals surface area contributed by atoms with Crippen LogP contribution in [0.1, 0.15) is 21.7 Å². The van der Waals surface area contributed by atoms with Crippen molar-refractivity contribution in [3.05, 3.63) is 65.4 Å². The maximum absolute atomic E-state index is 12.9. The average molecular weight is 329 g/mol. The first-order chi connectivity index (χ1) is 11.2. The third kappa shape index (κ3) is 4.19. The molecule has 3 rings (SSSR count). The van der Waals surface area contributed by atoms with Gasteiger partial charge in [-0.15, -0.1) is 10.2 Å². The predicted octanol–water partition coefficient (Wildman–Crippen LogP) is 2.45. The molecule has 8 heteroatoms. The molecule has 0 atom stereocenters. The van der Waals surface area contributed by atoms with E-state index in [4.69, 9.17) is 0 Å². The summed E-state index contributed by atoms with van der Waals surface area (Å²) in [6, 6.07) is 9.42. The number of benzene rings is 1. The van der Waals surface area contributed by atoms with Gasteiger partial charge in [-0.1, -0.05) is 29.1 Å². The van der Waals surface area contributed by atoms with Crippen LogP contribution < -0.4 is 0 Å². The first-order valence-corrected chi connectivity index (χ1v) is 7.78. The van der Waals surface area contributed by atoms with Crippen LogP contribution in [0.2, 0.25) is 0 Å². The maximum atomic E-state index is 12.9. The number of H-pyrrole nitrogens is 1. The van der Waals surface area contributed by atoms with Gasteiger partial charge in [0.05, 0.1) is 10.8 Å². The number of carbonyl (C=O) groups excluding carboxylic acids is 1. The Hall–Kier alpha value is -2.61. The Morgan fingerprint density at radius 3 is 2.65 bits per heavy atom. The molecule has 0 aliphatic heterocycles. The predicted molar refractivity (Wildman–Crippen MR) is 82.4 cm³/mol. The van der Waals surface area contributed by atoms with Crippen LogP contribution in [-0.4, -0.2) is 31.4 Å². The molecule has 3 aromatic rings. The molecule has 2 heterocycles. The summed E-state index contributed by atoms with van der Waals surface area (Å²) in [6.07, 6.45) is 1.77. The Morgan fingerprint density at radius 1 is 1.17 bits per heavy atom. The first-order valence-electron chi connectivity index (χ1n) is 6.79. The topological polar surface area (TPSA) is 84.4 Å². The molecular formula is C15H12FN5OS. The smallest absolute Gasteiger partial charge is 0.184 e. The molecule has 0 spiro atoms. The van der Waals surface area contributed by atoms with Gasteiger partial charge in [0.25, 0.3) is 0 Å². The quantitative estimate of drug-likeness (QED) is 0.552. The molecule has 1 aromatic carbocycles. The first kappa shape index (κ1) is 15.3. The second-order valence-electron chi connectivity index (χ2n) is 4.73. The van der Waals surface area contributed by atoms with Crippen molar-refractivity contribution in [1.82, 2.24) is 25.6 Å². The lowest BCUT2D eigenvalue weighted by atomic mass is 10.0. The number of carbonyl (C=O) groups is 1. The highest BCUT2D eigenvalue weighted by Crippen LogP contribution is 2.19. The van der Waals surface area contributed by atoms with Crippen molar-refractivity contribution in [1.29, 1.82) is 0 Å². The molecule has 0 aliphatic carbocycles. The number of pyridine rings is 1. The van der Waals surface area contributed by atoms with Crippen LogP contribution in [0.4, 0.5) is 4.39 Å². The Labute approximate surface area is 135 Å². The number of aromatic nitrogens is 5. The van der Waals surface area contributed by atoms with E-state index in [1.807, 2.05) is 0 Å². The molecule has 2 aromatic heterocycles. The lowest BCUT2D eigenvalue weighted by Crippen LogP contribution is -2.04. The minimum Gasteiger partial charge on any atom is -0.294 e. The number of aromatic amines is 1. The molecule has 0 unspecified atom stereocenters. The SMILES string of the molecule is O=C(Cc1ccc(F)cc1)c1ccc(SCc2nn[nH]n2)nc1. The maximum Gasteiger partial charge on any atom is 0.184 e. The molecule has 116 valence electrons. The number of tetrazole rings is 1. The lowest BCUT2D eigenvalue weighted by molar-refractivity contribution is 0.0992. The molecule has 0 bridgehead atoms. The summed E-state index contributed by atoms with van der Waals surface area (Å²) < 4.78 is 12.9. The fraction of sp³-hybridized carbons (Fsp3) is 0.133. The van der Waals surface area contributed by atoms with Crippen molar-refractivity contribution in [2.24, 2.45) is 0 Å². The van der Waals surface area contributed by atoms with E-state index in [1.54, 1.807) is 30.5 Å². The molecule has 6 nitrogen and oxygen atoms in total. The van der Waals surface area contributed by atoms with E-state index in [-0.39, 0.29) is 18.0 Å². The van der Waals surface area contributed by atoms with E-state index in [2.05, 4.69) is 25.6 Å². The summed E-state index contributed by atoms with van der Waals surface area (Å²) in [5, 5.41) is 14.3. The van der Waals surface area contributed by atoms with E-state index < -0.39 is 0 Å². The number of hydrogen-bond donors (Lipinski definition) is 1. The van der Waals surface area contributed by atoms with Gasteiger partial charge in [-0.3, -0.25) is 4.79 Å². The Morgan fingerprint density at radius 2 is 2.00 bits per heavy atom. The molecule has 0 fully saturated rings. The molecule has 0 saturated heterocycles. The van der Waals surface area contributed by atoms with Crippen molar-refractivity contribution in [3.8, 4) is 0 Å². The van der Waals surface area contributed by atoms with E-state index in [1.165, 1.54) is 23.9 Å². The normalized spacial score (nSPS) is 10.7.